The van der Waals surface area contributed by atoms with Gasteiger partial charge in [-0.15, -0.1) is 0 Å². The molecule has 0 saturated heterocycles. The van der Waals surface area contributed by atoms with Gasteiger partial charge in [0.25, 0.3) is 0 Å². The summed E-state index contributed by atoms with van der Waals surface area (Å²) in [6, 6.07) is 0. The Morgan fingerprint density at radius 3 is 1.41 bits per heavy atom. The molecule has 0 aromatic rings. The lowest BCUT2D eigenvalue weighted by molar-refractivity contribution is -0.155. The summed E-state index contributed by atoms with van der Waals surface area (Å²) in [5.74, 6) is 0.563. The highest BCUT2D eigenvalue weighted by atomic mass is 16.5. The fourth-order valence-corrected chi connectivity index (χ4v) is 4.57. The summed E-state index contributed by atoms with van der Waals surface area (Å²) < 4.78 is 11.0. The van der Waals surface area contributed by atoms with Crippen LogP contribution in [0.4, 0.5) is 0 Å². The number of hydrogen-bond donors (Lipinski definition) is 0. The van der Waals surface area contributed by atoms with Crippen LogP contribution in [0.3, 0.4) is 0 Å². The van der Waals surface area contributed by atoms with Crippen LogP contribution in [0.25, 0.3) is 0 Å². The standard InChI is InChI=1S/C28H52O4/c1-4-5-6-7-8-9-10-11-12-15-22-31-27(29)25-18-20-26(21-19-25)28(30)32-23-16-13-14-17-24(2)3/h24-26H,4-23H2,1-3H3. The van der Waals surface area contributed by atoms with Crippen LogP contribution in [0.5, 0.6) is 0 Å². The highest BCUT2D eigenvalue weighted by molar-refractivity contribution is 5.75. The Bertz CT molecular complexity index is 466. The lowest BCUT2D eigenvalue weighted by Gasteiger charge is -2.26. The maximum atomic E-state index is 12.3. The SMILES string of the molecule is CCCCCCCCCCCCOC(=O)C1CCC(C(=O)OCCCCCC(C)C)CC1. The second-order valence-corrected chi connectivity index (χ2v) is 10.3. The molecule has 0 bridgehead atoms. The van der Waals surface area contributed by atoms with Gasteiger partial charge in [0.05, 0.1) is 25.0 Å². The van der Waals surface area contributed by atoms with Crippen LogP contribution in [0.1, 0.15) is 136 Å². The van der Waals surface area contributed by atoms with Crippen molar-refractivity contribution in [1.82, 2.24) is 0 Å². The molecule has 0 N–H and O–H groups in total. The number of carbonyl (C=O) groups is 2. The Morgan fingerprint density at radius 2 is 1.00 bits per heavy atom. The molecule has 0 aromatic carbocycles. The van der Waals surface area contributed by atoms with Crippen LogP contribution in [0, 0.1) is 17.8 Å². The minimum absolute atomic E-state index is 0.0294. The third-order valence-electron chi connectivity index (χ3n) is 6.81. The molecule has 32 heavy (non-hydrogen) atoms. The van der Waals surface area contributed by atoms with Gasteiger partial charge in [-0.3, -0.25) is 9.59 Å². The Labute approximate surface area is 198 Å². The number of rotatable bonds is 19. The van der Waals surface area contributed by atoms with Gasteiger partial charge in [-0.05, 0) is 44.4 Å². The fourth-order valence-electron chi connectivity index (χ4n) is 4.57. The van der Waals surface area contributed by atoms with Gasteiger partial charge >= 0.3 is 11.9 Å². The molecule has 1 saturated carbocycles. The van der Waals surface area contributed by atoms with Crippen molar-refractivity contribution in [3.8, 4) is 0 Å². The summed E-state index contributed by atoms with van der Waals surface area (Å²) in [6.45, 7) is 7.83. The summed E-state index contributed by atoms with van der Waals surface area (Å²) in [7, 11) is 0. The first-order valence-electron chi connectivity index (χ1n) is 13.9. The molecule has 0 spiro atoms. The van der Waals surface area contributed by atoms with E-state index in [1.165, 1.54) is 64.2 Å². The van der Waals surface area contributed by atoms with Crippen molar-refractivity contribution >= 4 is 11.9 Å². The van der Waals surface area contributed by atoms with Gasteiger partial charge in [0.1, 0.15) is 0 Å². The summed E-state index contributed by atoms with van der Waals surface area (Å²) in [5, 5.41) is 0. The van der Waals surface area contributed by atoms with Crippen LogP contribution in [-0.4, -0.2) is 25.2 Å². The van der Waals surface area contributed by atoms with E-state index in [1.807, 2.05) is 0 Å². The third-order valence-corrected chi connectivity index (χ3v) is 6.81. The highest BCUT2D eigenvalue weighted by Crippen LogP contribution is 2.30. The van der Waals surface area contributed by atoms with E-state index in [0.29, 0.717) is 13.2 Å². The van der Waals surface area contributed by atoms with Gasteiger partial charge in [0, 0.05) is 0 Å². The maximum absolute atomic E-state index is 12.3. The van der Waals surface area contributed by atoms with Crippen molar-refractivity contribution in [2.45, 2.75) is 136 Å². The zero-order chi connectivity index (χ0) is 23.4. The number of ether oxygens (including phenoxy) is 2. The summed E-state index contributed by atoms with van der Waals surface area (Å²) >= 11 is 0. The second kappa shape index (κ2) is 19.4. The molecular weight excluding hydrogens is 400 g/mol. The quantitative estimate of drug-likeness (QED) is 0.147. The topological polar surface area (TPSA) is 52.6 Å². The lowest BCUT2D eigenvalue weighted by Crippen LogP contribution is -2.28. The van der Waals surface area contributed by atoms with E-state index >= 15 is 0 Å². The van der Waals surface area contributed by atoms with E-state index in [1.54, 1.807) is 0 Å². The molecule has 0 amide bonds. The largest absolute Gasteiger partial charge is 0.465 e. The number of hydrogen-bond acceptors (Lipinski definition) is 4. The molecule has 4 nitrogen and oxygen atoms in total. The molecule has 1 aliphatic rings. The van der Waals surface area contributed by atoms with Gasteiger partial charge in [0.15, 0.2) is 0 Å². The lowest BCUT2D eigenvalue weighted by atomic mass is 9.82. The van der Waals surface area contributed by atoms with Crippen LogP contribution < -0.4 is 0 Å². The predicted molar refractivity (Wildman–Crippen MR) is 133 cm³/mol. The molecule has 1 fully saturated rings. The minimum Gasteiger partial charge on any atom is -0.465 e. The molecule has 1 aliphatic carbocycles. The first-order chi connectivity index (χ1) is 15.5. The molecular formula is C28H52O4. The van der Waals surface area contributed by atoms with E-state index in [2.05, 4.69) is 20.8 Å². The van der Waals surface area contributed by atoms with E-state index in [0.717, 1.165) is 57.3 Å². The van der Waals surface area contributed by atoms with Crippen molar-refractivity contribution in [3.05, 3.63) is 0 Å². The Hall–Kier alpha value is -1.06. The third kappa shape index (κ3) is 14.9. The molecule has 0 unspecified atom stereocenters. The van der Waals surface area contributed by atoms with E-state index in [4.69, 9.17) is 9.47 Å². The van der Waals surface area contributed by atoms with Gasteiger partial charge in [-0.2, -0.15) is 0 Å². The van der Waals surface area contributed by atoms with E-state index < -0.39 is 0 Å². The smallest absolute Gasteiger partial charge is 0.308 e. The Morgan fingerprint density at radius 1 is 0.625 bits per heavy atom. The monoisotopic (exact) mass is 452 g/mol. The molecule has 0 aliphatic heterocycles. The van der Waals surface area contributed by atoms with Gasteiger partial charge in [0.2, 0.25) is 0 Å². The molecule has 0 atom stereocenters. The first kappa shape index (κ1) is 29.0. The summed E-state index contributed by atoms with van der Waals surface area (Å²) in [5.41, 5.74) is 0. The van der Waals surface area contributed by atoms with E-state index in [-0.39, 0.29) is 23.8 Å². The van der Waals surface area contributed by atoms with Crippen LogP contribution in [0.2, 0.25) is 0 Å². The average Bonchev–Trinajstić information content (AvgIpc) is 2.79. The van der Waals surface area contributed by atoms with Crippen LogP contribution in [0.15, 0.2) is 0 Å². The van der Waals surface area contributed by atoms with Crippen LogP contribution >= 0.6 is 0 Å². The number of unbranched alkanes of at least 4 members (excludes halogenated alkanes) is 11. The van der Waals surface area contributed by atoms with Crippen molar-refractivity contribution in [1.29, 1.82) is 0 Å². The average molecular weight is 453 g/mol. The Kier molecular flexibility index (Phi) is 17.6. The highest BCUT2D eigenvalue weighted by Gasteiger charge is 2.31. The van der Waals surface area contributed by atoms with Crippen molar-refractivity contribution in [2.75, 3.05) is 13.2 Å². The predicted octanol–water partition coefficient (Wildman–Crippen LogP) is 8.02. The molecule has 0 radical (unpaired) electrons. The second-order valence-electron chi connectivity index (χ2n) is 10.3. The van der Waals surface area contributed by atoms with Gasteiger partial charge in [-0.25, -0.2) is 0 Å². The molecule has 1 rings (SSSR count). The molecule has 0 heterocycles. The minimum atomic E-state index is -0.0639. The first-order valence-corrected chi connectivity index (χ1v) is 13.9. The summed E-state index contributed by atoms with van der Waals surface area (Å²) in [6.07, 6.45) is 20.4. The van der Waals surface area contributed by atoms with Crippen molar-refractivity contribution in [2.24, 2.45) is 17.8 Å². The normalized spacial score (nSPS) is 18.6. The van der Waals surface area contributed by atoms with Crippen molar-refractivity contribution < 1.29 is 19.1 Å². The molecule has 4 heteroatoms. The summed E-state index contributed by atoms with van der Waals surface area (Å²) in [4.78, 5) is 24.6. The Balaban J connectivity index is 1.97. The van der Waals surface area contributed by atoms with Gasteiger partial charge < -0.3 is 9.47 Å². The number of esters is 2. The number of carbonyl (C=O) groups excluding carboxylic acids is 2. The van der Waals surface area contributed by atoms with Crippen molar-refractivity contribution in [3.63, 3.8) is 0 Å². The van der Waals surface area contributed by atoms with E-state index in [9.17, 15) is 9.59 Å². The maximum Gasteiger partial charge on any atom is 0.308 e. The molecule has 188 valence electrons. The van der Waals surface area contributed by atoms with Gasteiger partial charge in [-0.1, -0.05) is 97.8 Å². The zero-order valence-corrected chi connectivity index (χ0v) is 21.5. The molecule has 0 aromatic heterocycles. The van der Waals surface area contributed by atoms with Crippen LogP contribution in [-0.2, 0) is 19.1 Å². The fraction of sp³-hybridized carbons (Fsp3) is 0.929. The zero-order valence-electron chi connectivity index (χ0n) is 21.5.